The Hall–Kier alpha value is -1.16. The van der Waals surface area contributed by atoms with Crippen molar-refractivity contribution < 1.29 is 13.6 Å². The minimum Gasteiger partial charge on any atom is -0.353 e. The summed E-state index contributed by atoms with van der Waals surface area (Å²) in [5.74, 6) is -1.36. The number of benzene rings is 1. The van der Waals surface area contributed by atoms with Crippen molar-refractivity contribution in [2.75, 3.05) is 5.88 Å². The van der Waals surface area contributed by atoms with E-state index in [9.17, 15) is 13.6 Å². The third kappa shape index (κ3) is 3.44. The molecular formula is C14H16ClF2NO. The van der Waals surface area contributed by atoms with Crippen LogP contribution in [0.2, 0.25) is 0 Å². The molecule has 1 aliphatic rings. The van der Waals surface area contributed by atoms with Crippen LogP contribution in [-0.4, -0.2) is 17.8 Å². The molecule has 2 unspecified atom stereocenters. The van der Waals surface area contributed by atoms with Crippen LogP contribution in [0.5, 0.6) is 0 Å². The summed E-state index contributed by atoms with van der Waals surface area (Å²) in [7, 11) is 0. The fourth-order valence-corrected chi connectivity index (χ4v) is 2.90. The fraction of sp³-hybridized carbons (Fsp3) is 0.500. The first kappa shape index (κ1) is 14.3. The smallest absolute Gasteiger partial charge is 0.224 e. The Morgan fingerprint density at radius 2 is 2.16 bits per heavy atom. The van der Waals surface area contributed by atoms with Crippen LogP contribution in [-0.2, 0) is 11.2 Å². The van der Waals surface area contributed by atoms with E-state index >= 15 is 0 Å². The van der Waals surface area contributed by atoms with E-state index in [0.29, 0.717) is 5.88 Å². The van der Waals surface area contributed by atoms with Gasteiger partial charge in [-0.15, -0.1) is 11.6 Å². The lowest BCUT2D eigenvalue weighted by atomic mass is 10.1. The van der Waals surface area contributed by atoms with Crippen molar-refractivity contribution in [2.24, 2.45) is 5.92 Å². The van der Waals surface area contributed by atoms with Gasteiger partial charge in [0.2, 0.25) is 5.91 Å². The molecule has 1 amide bonds. The van der Waals surface area contributed by atoms with E-state index in [4.69, 9.17) is 11.6 Å². The quantitative estimate of drug-likeness (QED) is 0.848. The molecule has 0 aromatic heterocycles. The molecule has 1 N–H and O–H groups in total. The third-order valence-electron chi connectivity index (χ3n) is 3.59. The predicted octanol–water partition coefficient (Wildman–Crippen LogP) is 3.03. The summed E-state index contributed by atoms with van der Waals surface area (Å²) in [5.41, 5.74) is 0.0814. The number of carbonyl (C=O) groups is 1. The SMILES string of the molecule is O=C(Cc1cccc(F)c1F)NC1CCCC1CCl. The van der Waals surface area contributed by atoms with Crippen molar-refractivity contribution in [3.63, 3.8) is 0 Å². The van der Waals surface area contributed by atoms with Gasteiger partial charge >= 0.3 is 0 Å². The zero-order chi connectivity index (χ0) is 13.8. The van der Waals surface area contributed by atoms with Gasteiger partial charge in [-0.25, -0.2) is 8.78 Å². The summed E-state index contributed by atoms with van der Waals surface area (Å²) in [6.07, 6.45) is 2.79. The Kier molecular flexibility index (Phi) is 4.75. The van der Waals surface area contributed by atoms with Crippen LogP contribution < -0.4 is 5.32 Å². The monoisotopic (exact) mass is 287 g/mol. The number of halogens is 3. The average Bonchev–Trinajstić information content (AvgIpc) is 2.82. The highest BCUT2D eigenvalue weighted by molar-refractivity contribution is 6.18. The highest BCUT2D eigenvalue weighted by Crippen LogP contribution is 2.26. The molecule has 0 bridgehead atoms. The number of rotatable bonds is 4. The van der Waals surface area contributed by atoms with Crippen molar-refractivity contribution in [1.29, 1.82) is 0 Å². The molecular weight excluding hydrogens is 272 g/mol. The van der Waals surface area contributed by atoms with Crippen LogP contribution in [0.4, 0.5) is 8.78 Å². The van der Waals surface area contributed by atoms with E-state index in [1.165, 1.54) is 12.1 Å². The lowest BCUT2D eigenvalue weighted by Crippen LogP contribution is -2.38. The van der Waals surface area contributed by atoms with Crippen LogP contribution in [0.25, 0.3) is 0 Å². The number of amides is 1. The Bertz CT molecular complexity index is 467. The summed E-state index contributed by atoms with van der Waals surface area (Å²) in [4.78, 5) is 11.9. The number of hydrogen-bond donors (Lipinski definition) is 1. The lowest BCUT2D eigenvalue weighted by molar-refractivity contribution is -0.121. The van der Waals surface area contributed by atoms with Crippen LogP contribution in [0.15, 0.2) is 18.2 Å². The molecule has 104 valence electrons. The second-order valence-corrected chi connectivity index (χ2v) is 5.22. The molecule has 1 aliphatic carbocycles. The third-order valence-corrected chi connectivity index (χ3v) is 3.98. The normalized spacial score (nSPS) is 22.5. The molecule has 5 heteroatoms. The van der Waals surface area contributed by atoms with E-state index in [-0.39, 0.29) is 29.9 Å². The molecule has 2 rings (SSSR count). The predicted molar refractivity (Wildman–Crippen MR) is 70.1 cm³/mol. The lowest BCUT2D eigenvalue weighted by Gasteiger charge is -2.18. The van der Waals surface area contributed by atoms with Gasteiger partial charge in [-0.3, -0.25) is 4.79 Å². The van der Waals surface area contributed by atoms with Gasteiger partial charge in [-0.1, -0.05) is 18.6 Å². The molecule has 1 aromatic carbocycles. The summed E-state index contributed by atoms with van der Waals surface area (Å²) in [6, 6.07) is 3.92. The van der Waals surface area contributed by atoms with Crippen molar-refractivity contribution in [3.05, 3.63) is 35.4 Å². The molecule has 0 saturated heterocycles. The highest BCUT2D eigenvalue weighted by Gasteiger charge is 2.27. The Labute approximate surface area is 116 Å². The molecule has 0 spiro atoms. The summed E-state index contributed by atoms with van der Waals surface area (Å²) >= 11 is 5.83. The van der Waals surface area contributed by atoms with E-state index in [0.717, 1.165) is 25.3 Å². The molecule has 19 heavy (non-hydrogen) atoms. The maximum absolute atomic E-state index is 13.4. The molecule has 0 radical (unpaired) electrons. The minimum atomic E-state index is -0.946. The van der Waals surface area contributed by atoms with Crippen molar-refractivity contribution in [2.45, 2.75) is 31.7 Å². The van der Waals surface area contributed by atoms with Crippen molar-refractivity contribution in [3.8, 4) is 0 Å². The topological polar surface area (TPSA) is 29.1 Å². The molecule has 1 aromatic rings. The van der Waals surface area contributed by atoms with Gasteiger partial charge in [0.15, 0.2) is 11.6 Å². The number of alkyl halides is 1. The summed E-state index contributed by atoms with van der Waals surface area (Å²) in [5, 5.41) is 2.86. The molecule has 1 fully saturated rings. The molecule has 0 heterocycles. The van der Waals surface area contributed by atoms with Crippen LogP contribution in [0, 0.1) is 17.6 Å². The van der Waals surface area contributed by atoms with E-state index in [2.05, 4.69) is 5.32 Å². The number of carbonyl (C=O) groups excluding carboxylic acids is 1. The zero-order valence-electron chi connectivity index (χ0n) is 10.5. The first-order valence-corrected chi connectivity index (χ1v) is 6.93. The molecule has 0 aliphatic heterocycles. The first-order valence-electron chi connectivity index (χ1n) is 6.40. The second-order valence-electron chi connectivity index (χ2n) is 4.91. The Balaban J connectivity index is 1.96. The standard InChI is InChI=1S/C14H16ClF2NO/c15-8-10-4-2-6-12(10)18-13(19)7-9-3-1-5-11(16)14(9)17/h1,3,5,10,12H,2,4,6-8H2,(H,18,19). The maximum atomic E-state index is 13.4. The summed E-state index contributed by atoms with van der Waals surface area (Å²) in [6.45, 7) is 0. The number of hydrogen-bond acceptors (Lipinski definition) is 1. The van der Waals surface area contributed by atoms with Gasteiger partial charge in [0.05, 0.1) is 6.42 Å². The van der Waals surface area contributed by atoms with Gasteiger partial charge in [-0.05, 0) is 24.8 Å². The molecule has 1 saturated carbocycles. The van der Waals surface area contributed by atoms with Gasteiger partial charge in [0.1, 0.15) is 0 Å². The zero-order valence-corrected chi connectivity index (χ0v) is 11.2. The largest absolute Gasteiger partial charge is 0.353 e. The highest BCUT2D eigenvalue weighted by atomic mass is 35.5. The van der Waals surface area contributed by atoms with Crippen molar-refractivity contribution in [1.82, 2.24) is 5.32 Å². The molecule has 2 nitrogen and oxygen atoms in total. The summed E-state index contributed by atoms with van der Waals surface area (Å²) < 4.78 is 26.5. The van der Waals surface area contributed by atoms with E-state index < -0.39 is 11.6 Å². The average molecular weight is 288 g/mol. The van der Waals surface area contributed by atoms with E-state index in [1.807, 2.05) is 0 Å². The van der Waals surface area contributed by atoms with Gasteiger partial charge in [-0.2, -0.15) is 0 Å². The van der Waals surface area contributed by atoms with Gasteiger partial charge < -0.3 is 5.32 Å². The van der Waals surface area contributed by atoms with Crippen molar-refractivity contribution >= 4 is 17.5 Å². The second kappa shape index (κ2) is 6.33. The van der Waals surface area contributed by atoms with Gasteiger partial charge in [0, 0.05) is 17.5 Å². The van der Waals surface area contributed by atoms with Gasteiger partial charge in [0.25, 0.3) is 0 Å². The molecule has 2 atom stereocenters. The van der Waals surface area contributed by atoms with E-state index in [1.54, 1.807) is 0 Å². The minimum absolute atomic E-state index is 0.0571. The van der Waals surface area contributed by atoms with Crippen LogP contribution in [0.1, 0.15) is 24.8 Å². The van der Waals surface area contributed by atoms with Crippen LogP contribution in [0.3, 0.4) is 0 Å². The maximum Gasteiger partial charge on any atom is 0.224 e. The number of nitrogens with one attached hydrogen (secondary N) is 1. The Morgan fingerprint density at radius 3 is 2.89 bits per heavy atom. The van der Waals surface area contributed by atoms with Crippen LogP contribution >= 0.6 is 11.6 Å². The Morgan fingerprint density at radius 1 is 1.37 bits per heavy atom. The fourth-order valence-electron chi connectivity index (χ4n) is 2.53. The first-order chi connectivity index (χ1) is 9.11.